The Labute approximate surface area is 67.4 Å². The van der Waals surface area contributed by atoms with Gasteiger partial charge in [0, 0.05) is 0 Å². The summed E-state index contributed by atoms with van der Waals surface area (Å²) in [5, 5.41) is 17.1. The van der Waals surface area contributed by atoms with Crippen molar-refractivity contribution in [2.75, 3.05) is 6.61 Å². The molecule has 1 unspecified atom stereocenters. The Morgan fingerprint density at radius 3 is 2.33 bits per heavy atom. The molecule has 1 saturated carbocycles. The van der Waals surface area contributed by atoms with E-state index in [1.807, 2.05) is 0 Å². The first-order chi connectivity index (χ1) is 3.83. The normalized spacial score (nSPS) is 20.7. The Morgan fingerprint density at radius 2 is 2.00 bits per heavy atom. The van der Waals surface area contributed by atoms with Crippen molar-refractivity contribution in [3.05, 3.63) is 5.92 Å². The van der Waals surface area contributed by atoms with Gasteiger partial charge in [-0.2, -0.15) is 0 Å². The van der Waals surface area contributed by atoms with E-state index in [4.69, 9.17) is 10.2 Å². The van der Waals surface area contributed by atoms with Crippen molar-refractivity contribution in [3.8, 4) is 0 Å². The number of aliphatic hydroxyl groups excluding tert-OH is 2. The Hall–Kier alpha value is 0.517. The summed E-state index contributed by atoms with van der Waals surface area (Å²) in [6.45, 7) is -0.0938. The molecule has 0 spiro atoms. The van der Waals surface area contributed by atoms with Gasteiger partial charge in [0.15, 0.2) is 0 Å². The minimum absolute atomic E-state index is 0. The van der Waals surface area contributed by atoms with Crippen LogP contribution in [0.3, 0.4) is 0 Å². The van der Waals surface area contributed by atoms with Gasteiger partial charge in [-0.25, -0.2) is 0 Å². The maximum atomic E-state index is 8.80. The first-order valence-electron chi connectivity index (χ1n) is 2.95. The Kier molecular flexibility index (Phi) is 4.60. The average Bonchev–Trinajstić information content (AvgIpc) is 2.50. The molecular formula is C6H12LiO2. The number of hydrogen-bond acceptors (Lipinski definition) is 2. The Balaban J connectivity index is 0.000000640. The van der Waals surface area contributed by atoms with Crippen LogP contribution >= 0.6 is 0 Å². The van der Waals surface area contributed by atoms with Crippen LogP contribution in [0.5, 0.6) is 0 Å². The van der Waals surface area contributed by atoms with E-state index in [0.717, 1.165) is 19.3 Å². The van der Waals surface area contributed by atoms with Gasteiger partial charge in [-0.05, 0) is 25.2 Å². The first kappa shape index (κ1) is 9.52. The van der Waals surface area contributed by atoms with Gasteiger partial charge < -0.3 is 10.2 Å². The molecule has 0 amide bonds. The molecule has 1 atom stereocenters. The summed E-state index contributed by atoms with van der Waals surface area (Å²) in [5.74, 6) is 1.39. The summed E-state index contributed by atoms with van der Waals surface area (Å²) >= 11 is 0. The van der Waals surface area contributed by atoms with Crippen molar-refractivity contribution < 1.29 is 10.2 Å². The van der Waals surface area contributed by atoms with Gasteiger partial charge in [-0.1, -0.05) is 0 Å². The second-order valence-corrected chi connectivity index (χ2v) is 2.29. The second-order valence-electron chi connectivity index (χ2n) is 2.29. The third-order valence-electron chi connectivity index (χ3n) is 1.34. The van der Waals surface area contributed by atoms with Crippen LogP contribution in [0.15, 0.2) is 0 Å². The van der Waals surface area contributed by atoms with Crippen molar-refractivity contribution in [1.82, 2.24) is 0 Å². The molecule has 1 fully saturated rings. The van der Waals surface area contributed by atoms with Crippen molar-refractivity contribution >= 4 is 18.9 Å². The molecule has 2 N–H and O–H groups in total. The Bertz CT molecular complexity index is 73.5. The molecule has 0 aliphatic heterocycles. The monoisotopic (exact) mass is 123 g/mol. The maximum absolute atomic E-state index is 8.80. The van der Waals surface area contributed by atoms with Gasteiger partial charge in [0.25, 0.3) is 0 Å². The summed E-state index contributed by atoms with van der Waals surface area (Å²) in [7, 11) is 0. The van der Waals surface area contributed by atoms with E-state index in [0.29, 0.717) is 0 Å². The minimum atomic E-state index is -0.493. The van der Waals surface area contributed by atoms with E-state index in [-0.39, 0.29) is 25.5 Å². The molecule has 0 heterocycles. The molecular weight excluding hydrogens is 111 g/mol. The number of hydrogen-bond donors (Lipinski definition) is 2. The zero-order valence-electron chi connectivity index (χ0n) is 4.80. The third-order valence-corrected chi connectivity index (χ3v) is 1.34. The molecule has 9 heavy (non-hydrogen) atoms. The summed E-state index contributed by atoms with van der Waals surface area (Å²) in [6, 6.07) is 0. The number of aliphatic hydroxyl groups is 2. The van der Waals surface area contributed by atoms with E-state index in [9.17, 15) is 0 Å². The molecule has 0 aromatic rings. The summed E-state index contributed by atoms with van der Waals surface area (Å²) in [4.78, 5) is 0. The zero-order valence-corrected chi connectivity index (χ0v) is 4.80. The fraction of sp³-hybridized carbons (Fsp3) is 0.833. The predicted octanol–water partition coefficient (Wildman–Crippen LogP) is -0.551. The van der Waals surface area contributed by atoms with E-state index < -0.39 is 6.10 Å². The zero-order chi connectivity index (χ0) is 5.98. The molecule has 0 saturated heterocycles. The predicted molar refractivity (Wildman–Crippen MR) is 37.3 cm³/mol. The van der Waals surface area contributed by atoms with Crippen LogP contribution in [-0.2, 0) is 0 Å². The molecule has 1 aliphatic carbocycles. The van der Waals surface area contributed by atoms with Crippen LogP contribution in [0.1, 0.15) is 19.3 Å². The SMILES string of the molecule is OCC(O)C[C]1CC1.[LiH]. The summed E-state index contributed by atoms with van der Waals surface area (Å²) < 4.78 is 0. The summed E-state index contributed by atoms with van der Waals surface area (Å²) in [5.41, 5.74) is 0. The van der Waals surface area contributed by atoms with E-state index in [1.54, 1.807) is 0 Å². The molecule has 1 radical (unpaired) electrons. The van der Waals surface area contributed by atoms with Crippen LogP contribution in [-0.4, -0.2) is 41.8 Å². The van der Waals surface area contributed by atoms with E-state index >= 15 is 0 Å². The van der Waals surface area contributed by atoms with Crippen LogP contribution in [0.2, 0.25) is 0 Å². The molecule has 3 heteroatoms. The van der Waals surface area contributed by atoms with Crippen molar-refractivity contribution in [2.24, 2.45) is 0 Å². The fourth-order valence-electron chi connectivity index (χ4n) is 0.690. The number of rotatable bonds is 3. The third kappa shape index (κ3) is 3.99. The van der Waals surface area contributed by atoms with Crippen molar-refractivity contribution in [3.63, 3.8) is 0 Å². The van der Waals surface area contributed by atoms with Gasteiger partial charge in [-0.15, -0.1) is 0 Å². The average molecular weight is 123 g/mol. The Morgan fingerprint density at radius 1 is 1.44 bits per heavy atom. The standard InChI is InChI=1S/C6H11O2.Li.H/c7-4-6(8)3-5-1-2-5;;/h6-8H,1-4H2;;. The summed E-state index contributed by atoms with van der Waals surface area (Å²) in [6.07, 6.45) is 2.55. The van der Waals surface area contributed by atoms with Gasteiger partial charge in [0.1, 0.15) is 0 Å². The van der Waals surface area contributed by atoms with Crippen LogP contribution < -0.4 is 0 Å². The molecule has 2 nitrogen and oxygen atoms in total. The van der Waals surface area contributed by atoms with E-state index in [2.05, 4.69) is 0 Å². The van der Waals surface area contributed by atoms with Crippen molar-refractivity contribution in [2.45, 2.75) is 25.4 Å². The molecule has 0 bridgehead atoms. The topological polar surface area (TPSA) is 40.5 Å². The fourth-order valence-corrected chi connectivity index (χ4v) is 0.690. The van der Waals surface area contributed by atoms with Gasteiger partial charge >= 0.3 is 18.9 Å². The van der Waals surface area contributed by atoms with Gasteiger partial charge in [-0.3, -0.25) is 0 Å². The first-order valence-corrected chi connectivity index (χ1v) is 2.95. The van der Waals surface area contributed by atoms with E-state index in [1.165, 1.54) is 5.92 Å². The van der Waals surface area contributed by atoms with Gasteiger partial charge in [0.05, 0.1) is 12.7 Å². The van der Waals surface area contributed by atoms with Crippen LogP contribution in [0.25, 0.3) is 0 Å². The van der Waals surface area contributed by atoms with Crippen LogP contribution in [0.4, 0.5) is 0 Å². The molecule has 1 rings (SSSR count). The quantitative estimate of drug-likeness (QED) is 0.494. The molecule has 49 valence electrons. The van der Waals surface area contributed by atoms with Gasteiger partial charge in [0.2, 0.25) is 0 Å². The molecule has 0 aromatic carbocycles. The van der Waals surface area contributed by atoms with Crippen LogP contribution in [0, 0.1) is 5.92 Å². The molecule has 0 aromatic heterocycles. The second kappa shape index (κ2) is 4.35. The molecule has 1 aliphatic rings. The van der Waals surface area contributed by atoms with Crippen molar-refractivity contribution in [1.29, 1.82) is 0 Å².